The maximum absolute atomic E-state index is 13.0. The molecule has 1 aliphatic heterocycles. The Balaban J connectivity index is 2.46. The second kappa shape index (κ2) is 11.7. The van der Waals surface area contributed by atoms with Crippen LogP contribution >= 0.6 is 27.7 Å². The minimum Gasteiger partial charge on any atom is -0.463 e. The zero-order chi connectivity index (χ0) is 25.6. The van der Waals surface area contributed by atoms with Gasteiger partial charge in [0.15, 0.2) is 5.69 Å². The fourth-order valence-corrected chi connectivity index (χ4v) is 4.84. The van der Waals surface area contributed by atoms with Crippen molar-refractivity contribution in [1.29, 1.82) is 0 Å². The maximum atomic E-state index is 13.0. The van der Waals surface area contributed by atoms with Crippen molar-refractivity contribution in [3.8, 4) is 0 Å². The second-order valence-electron chi connectivity index (χ2n) is 6.81. The van der Waals surface area contributed by atoms with Gasteiger partial charge in [0.2, 0.25) is 0 Å². The van der Waals surface area contributed by atoms with Gasteiger partial charge in [0.05, 0.1) is 0 Å². The maximum Gasteiger partial charge on any atom is 0.434 e. The molecule has 1 aromatic rings. The van der Waals surface area contributed by atoms with Crippen LogP contribution in [0.3, 0.4) is 0 Å². The van der Waals surface area contributed by atoms with Gasteiger partial charge < -0.3 is 18.9 Å². The molecule has 1 saturated heterocycles. The summed E-state index contributed by atoms with van der Waals surface area (Å²) in [5.74, 6) is -2.24. The molecule has 1 aliphatic rings. The summed E-state index contributed by atoms with van der Waals surface area (Å²) >= 11 is 3.64. The zero-order valence-electron chi connectivity index (χ0n) is 17.8. The summed E-state index contributed by atoms with van der Waals surface area (Å²) in [5, 5.41) is 3.60. The monoisotopic (exact) mass is 570 g/mol. The largest absolute Gasteiger partial charge is 0.463 e. The average Bonchev–Trinajstić information content (AvgIpc) is 2.69. The van der Waals surface area contributed by atoms with E-state index in [4.69, 9.17) is 24.5 Å². The first-order valence-electron chi connectivity index (χ1n) is 9.40. The number of nitrogens with zero attached hydrogens (tertiary/aromatic N) is 4. The Labute approximate surface area is 203 Å². The molecule has 34 heavy (non-hydrogen) atoms. The number of azide groups is 1. The molecule has 11 nitrogen and oxygen atoms in total. The lowest BCUT2D eigenvalue weighted by molar-refractivity contribution is -0.201. The number of rotatable bonds is 7. The molecule has 1 fully saturated rings. The molecule has 0 bridgehead atoms. The lowest BCUT2D eigenvalue weighted by Crippen LogP contribution is -2.59. The Hall–Kier alpha value is -2.55. The molecular weight excluding hydrogens is 553 g/mol. The Morgan fingerprint density at radius 3 is 2.32 bits per heavy atom. The predicted molar refractivity (Wildman–Crippen MR) is 112 cm³/mol. The molecule has 2 rings (SSSR count). The summed E-state index contributed by atoms with van der Waals surface area (Å²) in [7, 11) is 0. The van der Waals surface area contributed by atoms with Crippen molar-refractivity contribution in [3.63, 3.8) is 0 Å². The van der Waals surface area contributed by atoms with Gasteiger partial charge in [0, 0.05) is 41.2 Å². The Bertz CT molecular complexity index is 993. The highest BCUT2D eigenvalue weighted by atomic mass is 79.9. The predicted octanol–water partition coefficient (Wildman–Crippen LogP) is 3.79. The number of carbonyl (C=O) groups is 3. The molecule has 186 valence electrons. The first kappa shape index (κ1) is 27.7. The number of hydrogen-bond acceptors (Lipinski definition) is 10. The van der Waals surface area contributed by atoms with E-state index in [1.54, 1.807) is 0 Å². The molecule has 0 radical (unpaired) electrons. The van der Waals surface area contributed by atoms with Crippen LogP contribution in [0.5, 0.6) is 0 Å². The third-order valence-corrected chi connectivity index (χ3v) is 5.91. The third-order valence-electron chi connectivity index (χ3n) is 4.19. The number of halogens is 4. The molecule has 0 spiro atoms. The van der Waals surface area contributed by atoms with Crippen LogP contribution in [0.1, 0.15) is 26.5 Å². The van der Waals surface area contributed by atoms with Crippen molar-refractivity contribution < 1.29 is 46.5 Å². The highest BCUT2D eigenvalue weighted by Crippen LogP contribution is 2.40. The van der Waals surface area contributed by atoms with E-state index in [-0.39, 0.29) is 9.37 Å². The van der Waals surface area contributed by atoms with E-state index in [1.165, 1.54) is 0 Å². The summed E-state index contributed by atoms with van der Waals surface area (Å²) < 4.78 is 60.0. The van der Waals surface area contributed by atoms with Crippen molar-refractivity contribution in [1.82, 2.24) is 4.98 Å². The van der Waals surface area contributed by atoms with Gasteiger partial charge >= 0.3 is 24.1 Å². The van der Waals surface area contributed by atoms with Gasteiger partial charge in [-0.3, -0.25) is 14.4 Å². The SMILES string of the molecule is CC(=O)OCC1O[C@H](Sc2cnc(C(F)(F)F)c(Br)c2)C(OC(C)=O)C(N=[N+]=[N-])[C@H]1OC(C)=O. The zero-order valence-corrected chi connectivity index (χ0v) is 20.2. The molecule has 0 saturated carbocycles. The van der Waals surface area contributed by atoms with Crippen molar-refractivity contribution >= 4 is 45.6 Å². The molecule has 16 heteroatoms. The molecule has 0 amide bonds. The summed E-state index contributed by atoms with van der Waals surface area (Å²) in [6, 6.07) is -0.174. The minimum absolute atomic E-state index is 0.180. The quantitative estimate of drug-likeness (QED) is 0.157. The van der Waals surface area contributed by atoms with Crippen LogP contribution in [0.4, 0.5) is 13.2 Å². The van der Waals surface area contributed by atoms with E-state index in [2.05, 4.69) is 30.9 Å². The molecule has 0 aliphatic carbocycles. The van der Waals surface area contributed by atoms with Crippen LogP contribution in [-0.2, 0) is 39.5 Å². The van der Waals surface area contributed by atoms with Crippen molar-refractivity contribution in [2.75, 3.05) is 6.61 Å². The molecule has 3 unspecified atom stereocenters. The van der Waals surface area contributed by atoms with E-state index < -0.39 is 66.2 Å². The Morgan fingerprint density at radius 1 is 1.21 bits per heavy atom. The average molecular weight is 571 g/mol. The van der Waals surface area contributed by atoms with E-state index in [1.807, 2.05) is 0 Å². The van der Waals surface area contributed by atoms with Gasteiger partial charge in [-0.25, -0.2) is 4.98 Å². The topological polar surface area (TPSA) is 150 Å². The van der Waals surface area contributed by atoms with E-state index in [9.17, 15) is 27.6 Å². The van der Waals surface area contributed by atoms with Gasteiger partial charge in [-0.1, -0.05) is 16.9 Å². The van der Waals surface area contributed by atoms with Gasteiger partial charge in [-0.05, 0) is 27.5 Å². The molecule has 0 aromatic carbocycles. The second-order valence-corrected chi connectivity index (χ2v) is 8.83. The number of hydrogen-bond donors (Lipinski definition) is 0. The number of ether oxygens (including phenoxy) is 4. The summed E-state index contributed by atoms with van der Waals surface area (Å²) in [5.41, 5.74) is 6.75. The van der Waals surface area contributed by atoms with E-state index in [0.717, 1.165) is 44.8 Å². The Kier molecular flexibility index (Phi) is 9.55. The van der Waals surface area contributed by atoms with Gasteiger partial charge in [0.25, 0.3) is 0 Å². The van der Waals surface area contributed by atoms with Crippen LogP contribution in [0.25, 0.3) is 10.4 Å². The number of alkyl halides is 3. The lowest BCUT2D eigenvalue weighted by Gasteiger charge is -2.43. The van der Waals surface area contributed by atoms with Crippen molar-refractivity contribution in [2.45, 2.75) is 61.6 Å². The highest BCUT2D eigenvalue weighted by Gasteiger charge is 2.50. The standard InChI is InChI=1S/C18H18BrF3N4O7S/c1-7(27)30-6-12-14(31-8(2)28)13(25-26-23)15(32-9(3)29)17(33-12)34-10-4-11(19)16(24-5-10)18(20,21)22/h4-5,12-15,17H,6H2,1-3H3/t12?,13?,14-,15?,17+/m0/s1. The van der Waals surface area contributed by atoms with Gasteiger partial charge in [-0.15, -0.1) is 0 Å². The summed E-state index contributed by atoms with van der Waals surface area (Å²) in [4.78, 5) is 41.0. The van der Waals surface area contributed by atoms with Crippen molar-refractivity contribution in [2.24, 2.45) is 5.11 Å². The van der Waals surface area contributed by atoms with Crippen LogP contribution < -0.4 is 0 Å². The van der Waals surface area contributed by atoms with Gasteiger partial charge in [0.1, 0.15) is 36.4 Å². The first-order chi connectivity index (χ1) is 15.8. The van der Waals surface area contributed by atoms with Crippen LogP contribution in [0, 0.1) is 0 Å². The molecule has 2 heterocycles. The first-order valence-corrected chi connectivity index (χ1v) is 11.1. The summed E-state index contributed by atoms with van der Waals surface area (Å²) in [6.45, 7) is 2.89. The number of aromatic nitrogens is 1. The number of esters is 3. The highest BCUT2D eigenvalue weighted by molar-refractivity contribution is 9.10. The fraction of sp³-hybridized carbons (Fsp3) is 0.556. The fourth-order valence-electron chi connectivity index (χ4n) is 3.00. The number of carbonyl (C=O) groups excluding carboxylic acids is 3. The molecule has 0 N–H and O–H groups in total. The van der Waals surface area contributed by atoms with Crippen LogP contribution in [0.2, 0.25) is 0 Å². The Morgan fingerprint density at radius 2 is 1.82 bits per heavy atom. The lowest BCUT2D eigenvalue weighted by atomic mass is 9.97. The number of pyridine rings is 1. The number of thioether (sulfide) groups is 1. The van der Waals surface area contributed by atoms with Gasteiger partial charge in [-0.2, -0.15) is 13.2 Å². The molecular formula is C18H18BrF3N4O7S. The normalized spacial score (nSPS) is 24.5. The van der Waals surface area contributed by atoms with Crippen molar-refractivity contribution in [3.05, 3.63) is 32.9 Å². The van der Waals surface area contributed by atoms with Crippen LogP contribution in [-0.4, -0.2) is 59.3 Å². The third kappa shape index (κ3) is 7.48. The molecule has 1 aromatic heterocycles. The molecule has 5 atom stereocenters. The summed E-state index contributed by atoms with van der Waals surface area (Å²) in [6.07, 6.45) is -7.53. The van der Waals surface area contributed by atoms with E-state index in [0.29, 0.717) is 0 Å². The smallest absolute Gasteiger partial charge is 0.434 e. The minimum atomic E-state index is -4.69. The van der Waals surface area contributed by atoms with E-state index >= 15 is 0 Å². The van der Waals surface area contributed by atoms with Crippen LogP contribution in [0.15, 0.2) is 26.7 Å².